The smallest absolute Gasteiger partial charge is 0.00780 e. The zero-order valence-corrected chi connectivity index (χ0v) is 9.17. The minimum atomic E-state index is 0.302. The van der Waals surface area contributed by atoms with Crippen molar-refractivity contribution < 1.29 is 0 Å². The summed E-state index contributed by atoms with van der Waals surface area (Å²) in [7, 11) is 0. The van der Waals surface area contributed by atoms with Crippen LogP contribution in [0, 0.1) is 5.92 Å². The molecule has 0 saturated heterocycles. The molecule has 0 aliphatic carbocycles. The minimum absolute atomic E-state index is 0.302. The quantitative estimate of drug-likeness (QED) is 0.652. The molecule has 0 bridgehead atoms. The van der Waals surface area contributed by atoms with E-state index in [4.69, 9.17) is 0 Å². The van der Waals surface area contributed by atoms with Crippen molar-refractivity contribution in [2.45, 2.75) is 39.5 Å². The van der Waals surface area contributed by atoms with Gasteiger partial charge in [-0.25, -0.2) is 0 Å². The zero-order valence-electron chi connectivity index (χ0n) is 9.17. The van der Waals surface area contributed by atoms with Crippen molar-refractivity contribution in [2.75, 3.05) is 0 Å². The SMILES string of the molecule is CCC(C)C(C)(C)c1ccccc1. The highest BCUT2D eigenvalue weighted by molar-refractivity contribution is 5.24. The van der Waals surface area contributed by atoms with Gasteiger partial charge in [0.05, 0.1) is 0 Å². The molecule has 0 saturated carbocycles. The van der Waals surface area contributed by atoms with Crippen LogP contribution in [-0.2, 0) is 5.41 Å². The van der Waals surface area contributed by atoms with Crippen LogP contribution in [0.25, 0.3) is 0 Å². The molecule has 0 aromatic heterocycles. The number of hydrogen-bond donors (Lipinski definition) is 0. The molecule has 0 radical (unpaired) electrons. The van der Waals surface area contributed by atoms with E-state index in [2.05, 4.69) is 58.0 Å². The lowest BCUT2D eigenvalue weighted by atomic mass is 9.73. The predicted molar refractivity (Wildman–Crippen MR) is 58.9 cm³/mol. The van der Waals surface area contributed by atoms with E-state index in [1.807, 2.05) is 0 Å². The van der Waals surface area contributed by atoms with Gasteiger partial charge < -0.3 is 0 Å². The Bertz CT molecular complexity index is 246. The summed E-state index contributed by atoms with van der Waals surface area (Å²) in [5.41, 5.74) is 1.75. The van der Waals surface area contributed by atoms with Crippen molar-refractivity contribution in [3.8, 4) is 0 Å². The van der Waals surface area contributed by atoms with Crippen molar-refractivity contribution in [3.05, 3.63) is 35.9 Å². The fourth-order valence-corrected chi connectivity index (χ4v) is 1.66. The third kappa shape index (κ3) is 2.12. The van der Waals surface area contributed by atoms with Crippen molar-refractivity contribution in [2.24, 2.45) is 5.92 Å². The van der Waals surface area contributed by atoms with E-state index in [-0.39, 0.29) is 0 Å². The van der Waals surface area contributed by atoms with E-state index >= 15 is 0 Å². The van der Waals surface area contributed by atoms with Gasteiger partial charge in [-0.1, -0.05) is 64.4 Å². The molecule has 0 aliphatic rings. The van der Waals surface area contributed by atoms with Gasteiger partial charge in [-0.15, -0.1) is 0 Å². The van der Waals surface area contributed by atoms with Gasteiger partial charge in [0.2, 0.25) is 0 Å². The molecule has 1 unspecified atom stereocenters. The summed E-state index contributed by atoms with van der Waals surface area (Å²) in [6.07, 6.45) is 1.24. The van der Waals surface area contributed by atoms with Crippen LogP contribution in [0.4, 0.5) is 0 Å². The molecule has 0 amide bonds. The second-order valence-corrected chi connectivity index (χ2v) is 4.40. The monoisotopic (exact) mass is 176 g/mol. The second kappa shape index (κ2) is 3.95. The van der Waals surface area contributed by atoms with Gasteiger partial charge in [-0.3, -0.25) is 0 Å². The predicted octanol–water partition coefficient (Wildman–Crippen LogP) is 4.01. The fraction of sp³-hybridized carbons (Fsp3) is 0.538. The first-order chi connectivity index (χ1) is 6.09. The molecular weight excluding hydrogens is 156 g/mol. The molecule has 0 nitrogen and oxygen atoms in total. The number of hydrogen-bond acceptors (Lipinski definition) is 0. The van der Waals surface area contributed by atoms with Crippen molar-refractivity contribution in [1.29, 1.82) is 0 Å². The fourth-order valence-electron chi connectivity index (χ4n) is 1.66. The maximum atomic E-state index is 2.33. The number of benzene rings is 1. The molecule has 1 aromatic rings. The van der Waals surface area contributed by atoms with Crippen molar-refractivity contribution >= 4 is 0 Å². The summed E-state index contributed by atoms with van der Waals surface area (Å²) in [6.45, 7) is 9.25. The highest BCUT2D eigenvalue weighted by Gasteiger charge is 2.25. The van der Waals surface area contributed by atoms with Gasteiger partial charge in [-0.2, -0.15) is 0 Å². The average Bonchev–Trinajstić information content (AvgIpc) is 2.18. The van der Waals surface area contributed by atoms with E-state index in [9.17, 15) is 0 Å². The summed E-state index contributed by atoms with van der Waals surface area (Å²) in [5, 5.41) is 0. The maximum Gasteiger partial charge on any atom is -0.00780 e. The lowest BCUT2D eigenvalue weighted by molar-refractivity contribution is 0.335. The summed E-state index contributed by atoms with van der Waals surface area (Å²) in [5.74, 6) is 0.731. The van der Waals surface area contributed by atoms with Crippen LogP contribution in [0.1, 0.15) is 39.7 Å². The molecule has 1 aromatic carbocycles. The second-order valence-electron chi connectivity index (χ2n) is 4.40. The first-order valence-corrected chi connectivity index (χ1v) is 5.14. The van der Waals surface area contributed by atoms with Crippen LogP contribution in [-0.4, -0.2) is 0 Å². The molecule has 0 spiro atoms. The van der Waals surface area contributed by atoms with Crippen LogP contribution in [0.3, 0.4) is 0 Å². The summed E-state index contributed by atoms with van der Waals surface area (Å²) in [4.78, 5) is 0. The molecule has 13 heavy (non-hydrogen) atoms. The van der Waals surface area contributed by atoms with E-state index in [1.54, 1.807) is 0 Å². The van der Waals surface area contributed by atoms with Crippen LogP contribution in [0.5, 0.6) is 0 Å². The molecule has 1 rings (SSSR count). The third-order valence-electron chi connectivity index (χ3n) is 3.36. The van der Waals surface area contributed by atoms with E-state index in [1.165, 1.54) is 12.0 Å². The van der Waals surface area contributed by atoms with E-state index < -0.39 is 0 Å². The van der Waals surface area contributed by atoms with Crippen molar-refractivity contribution in [1.82, 2.24) is 0 Å². The maximum absolute atomic E-state index is 2.33. The molecule has 0 N–H and O–H groups in total. The molecule has 0 fully saturated rings. The topological polar surface area (TPSA) is 0 Å². The Morgan fingerprint density at radius 2 is 1.69 bits per heavy atom. The van der Waals surface area contributed by atoms with Crippen LogP contribution in [0.2, 0.25) is 0 Å². The highest BCUT2D eigenvalue weighted by atomic mass is 14.3. The Morgan fingerprint density at radius 1 is 1.15 bits per heavy atom. The molecular formula is C13H20. The first kappa shape index (κ1) is 10.3. The van der Waals surface area contributed by atoms with E-state index in [0.29, 0.717) is 5.41 Å². The van der Waals surface area contributed by atoms with Gasteiger partial charge in [0.25, 0.3) is 0 Å². The summed E-state index contributed by atoms with van der Waals surface area (Å²) >= 11 is 0. The minimum Gasteiger partial charge on any atom is -0.0651 e. The van der Waals surface area contributed by atoms with Gasteiger partial charge in [0, 0.05) is 0 Å². The van der Waals surface area contributed by atoms with E-state index in [0.717, 1.165) is 5.92 Å². The highest BCUT2D eigenvalue weighted by Crippen LogP contribution is 2.32. The first-order valence-electron chi connectivity index (χ1n) is 5.14. The standard InChI is InChI=1S/C13H20/c1-5-11(2)13(3,4)12-9-7-6-8-10-12/h6-11H,5H2,1-4H3. The van der Waals surface area contributed by atoms with Gasteiger partial charge in [0.15, 0.2) is 0 Å². The normalized spacial score (nSPS) is 14.2. The summed E-state index contributed by atoms with van der Waals surface area (Å²) in [6, 6.07) is 10.8. The molecule has 72 valence electrons. The average molecular weight is 176 g/mol. The lowest BCUT2D eigenvalue weighted by Crippen LogP contribution is -2.25. The van der Waals surface area contributed by atoms with Crippen molar-refractivity contribution in [3.63, 3.8) is 0 Å². The molecule has 0 aliphatic heterocycles. The van der Waals surface area contributed by atoms with Crippen LogP contribution >= 0.6 is 0 Å². The Morgan fingerprint density at radius 3 is 2.15 bits per heavy atom. The summed E-state index contributed by atoms with van der Waals surface area (Å²) < 4.78 is 0. The Kier molecular flexibility index (Phi) is 3.13. The third-order valence-corrected chi connectivity index (χ3v) is 3.36. The van der Waals surface area contributed by atoms with Gasteiger partial charge in [-0.05, 0) is 16.9 Å². The molecule has 0 heteroatoms. The molecule has 0 heterocycles. The largest absolute Gasteiger partial charge is 0.0651 e. The van der Waals surface area contributed by atoms with Crippen LogP contribution < -0.4 is 0 Å². The van der Waals surface area contributed by atoms with Gasteiger partial charge in [0.1, 0.15) is 0 Å². The Hall–Kier alpha value is -0.780. The zero-order chi connectivity index (χ0) is 9.90. The number of rotatable bonds is 3. The Balaban J connectivity index is 2.93. The van der Waals surface area contributed by atoms with Gasteiger partial charge >= 0.3 is 0 Å². The Labute approximate surface area is 82.0 Å². The molecule has 1 atom stereocenters. The van der Waals surface area contributed by atoms with Crippen LogP contribution in [0.15, 0.2) is 30.3 Å². The lowest BCUT2D eigenvalue weighted by Gasteiger charge is -2.31.